The minimum atomic E-state index is -0.588. The van der Waals surface area contributed by atoms with Crippen LogP contribution in [0.3, 0.4) is 0 Å². The van der Waals surface area contributed by atoms with Crippen molar-refractivity contribution >= 4 is 46.5 Å². The minimum Gasteiger partial charge on any atom is -0.376 e. The second-order valence-electron chi connectivity index (χ2n) is 5.03. The Labute approximate surface area is 154 Å². The molecule has 0 aliphatic rings. The molecule has 0 fully saturated rings. The molecule has 0 aliphatic heterocycles. The first-order valence-electron chi connectivity index (χ1n) is 7.27. The Morgan fingerprint density at radius 1 is 0.960 bits per heavy atom. The van der Waals surface area contributed by atoms with Crippen molar-refractivity contribution in [2.45, 2.75) is 0 Å². The van der Waals surface area contributed by atoms with Gasteiger partial charge in [0.05, 0.1) is 18.1 Å². The number of halogens is 2. The van der Waals surface area contributed by atoms with Crippen LogP contribution in [-0.4, -0.2) is 30.7 Å². The second kappa shape index (κ2) is 8.62. The molecule has 4 N–H and O–H groups in total. The van der Waals surface area contributed by atoms with E-state index in [4.69, 9.17) is 28.9 Å². The normalized spacial score (nSPS) is 10.2. The summed E-state index contributed by atoms with van der Waals surface area (Å²) in [6.45, 7) is -0.501. The van der Waals surface area contributed by atoms with E-state index in [1.807, 2.05) is 0 Å². The van der Waals surface area contributed by atoms with E-state index >= 15 is 0 Å². The molecule has 0 saturated heterocycles. The number of benzene rings is 2. The highest BCUT2D eigenvalue weighted by Crippen LogP contribution is 2.26. The second-order valence-corrected chi connectivity index (χ2v) is 5.87. The first-order chi connectivity index (χ1) is 11.9. The molecule has 0 atom stereocenters. The molecule has 0 aliphatic carbocycles. The fourth-order valence-corrected chi connectivity index (χ4v) is 2.47. The van der Waals surface area contributed by atoms with Gasteiger partial charge in [-0.1, -0.05) is 35.3 Å². The van der Waals surface area contributed by atoms with Gasteiger partial charge in [0, 0.05) is 21.8 Å². The third-order valence-electron chi connectivity index (χ3n) is 3.25. The summed E-state index contributed by atoms with van der Waals surface area (Å²) in [5.41, 5.74) is 6.10. The van der Waals surface area contributed by atoms with Crippen molar-refractivity contribution in [3.63, 3.8) is 0 Å². The molecular formula is C17H15Cl2N3O3. The number of nitrogens with one attached hydrogen (secondary N) is 2. The highest BCUT2D eigenvalue weighted by atomic mass is 35.5. The molecule has 2 rings (SSSR count). The first kappa shape index (κ1) is 18.9. The molecule has 2 aromatic rings. The lowest BCUT2D eigenvalue weighted by Crippen LogP contribution is -2.38. The maximum atomic E-state index is 12.8. The van der Waals surface area contributed by atoms with Crippen LogP contribution in [-0.2, 0) is 9.59 Å². The summed E-state index contributed by atoms with van der Waals surface area (Å²) in [5, 5.41) is 5.59. The number of anilines is 1. The number of carbonyl (C=O) groups excluding carboxylic acids is 3. The van der Waals surface area contributed by atoms with Gasteiger partial charge in [0.1, 0.15) is 0 Å². The Kier molecular flexibility index (Phi) is 6.52. The fourth-order valence-electron chi connectivity index (χ4n) is 2.08. The number of amides is 2. The van der Waals surface area contributed by atoms with Gasteiger partial charge in [-0.05, 0) is 30.3 Å². The number of ketones is 1. The Balaban J connectivity index is 2.23. The van der Waals surface area contributed by atoms with Crippen LogP contribution >= 0.6 is 23.2 Å². The zero-order valence-electron chi connectivity index (χ0n) is 13.0. The van der Waals surface area contributed by atoms with E-state index in [0.717, 1.165) is 0 Å². The van der Waals surface area contributed by atoms with E-state index in [1.165, 1.54) is 6.07 Å². The zero-order chi connectivity index (χ0) is 18.4. The van der Waals surface area contributed by atoms with Crippen LogP contribution in [0, 0.1) is 0 Å². The van der Waals surface area contributed by atoms with Crippen LogP contribution in [0.5, 0.6) is 0 Å². The van der Waals surface area contributed by atoms with Gasteiger partial charge in [0.15, 0.2) is 5.78 Å². The monoisotopic (exact) mass is 379 g/mol. The summed E-state index contributed by atoms with van der Waals surface area (Å²) in [6.07, 6.45) is 0. The summed E-state index contributed by atoms with van der Waals surface area (Å²) in [4.78, 5) is 35.5. The molecule has 0 aromatic heterocycles. The van der Waals surface area contributed by atoms with Gasteiger partial charge in [-0.15, -0.1) is 0 Å². The maximum Gasteiger partial charge on any atom is 0.245 e. The van der Waals surface area contributed by atoms with Gasteiger partial charge in [0.25, 0.3) is 0 Å². The third kappa shape index (κ3) is 5.03. The van der Waals surface area contributed by atoms with E-state index < -0.39 is 11.8 Å². The van der Waals surface area contributed by atoms with Crippen molar-refractivity contribution in [2.75, 3.05) is 18.4 Å². The number of rotatable bonds is 6. The summed E-state index contributed by atoms with van der Waals surface area (Å²) in [6, 6.07) is 11.3. The molecule has 0 heterocycles. The molecule has 0 bridgehead atoms. The zero-order valence-corrected chi connectivity index (χ0v) is 14.5. The van der Waals surface area contributed by atoms with E-state index in [9.17, 15) is 14.4 Å². The summed E-state index contributed by atoms with van der Waals surface area (Å²) >= 11 is 12.1. The lowest BCUT2D eigenvalue weighted by molar-refractivity contribution is -0.128. The van der Waals surface area contributed by atoms with Crippen LogP contribution < -0.4 is 16.4 Å². The molecule has 2 aromatic carbocycles. The van der Waals surface area contributed by atoms with Crippen LogP contribution in [0.25, 0.3) is 0 Å². The van der Waals surface area contributed by atoms with Crippen LogP contribution in [0.2, 0.25) is 10.0 Å². The molecule has 0 saturated carbocycles. The van der Waals surface area contributed by atoms with Gasteiger partial charge >= 0.3 is 0 Å². The molecule has 0 spiro atoms. The van der Waals surface area contributed by atoms with Gasteiger partial charge in [0.2, 0.25) is 11.8 Å². The van der Waals surface area contributed by atoms with Crippen LogP contribution in [0.15, 0.2) is 42.5 Å². The molecule has 0 radical (unpaired) electrons. The molecular weight excluding hydrogens is 365 g/mol. The Hall–Kier alpha value is -2.41. The highest BCUT2D eigenvalue weighted by Gasteiger charge is 2.17. The lowest BCUT2D eigenvalue weighted by atomic mass is 10.0. The number of nitrogens with two attached hydrogens (primary N) is 1. The van der Waals surface area contributed by atoms with Crippen molar-refractivity contribution in [1.82, 2.24) is 5.32 Å². The van der Waals surface area contributed by atoms with Gasteiger partial charge in [-0.3, -0.25) is 19.7 Å². The quantitative estimate of drug-likeness (QED) is 0.668. The van der Waals surface area contributed by atoms with Crippen molar-refractivity contribution < 1.29 is 14.4 Å². The summed E-state index contributed by atoms with van der Waals surface area (Å²) in [5.74, 6) is -1.49. The Bertz CT molecular complexity index is 825. The van der Waals surface area contributed by atoms with Gasteiger partial charge in [-0.25, -0.2) is 0 Å². The summed E-state index contributed by atoms with van der Waals surface area (Å²) < 4.78 is 0. The Morgan fingerprint density at radius 3 is 2.36 bits per heavy atom. The molecule has 6 nitrogen and oxygen atoms in total. The van der Waals surface area contributed by atoms with Gasteiger partial charge in [-0.2, -0.15) is 0 Å². The molecule has 8 heteroatoms. The topological polar surface area (TPSA) is 101 Å². The average molecular weight is 380 g/mol. The predicted molar refractivity (Wildman–Crippen MR) is 97.0 cm³/mol. The maximum absolute atomic E-state index is 12.8. The smallest absolute Gasteiger partial charge is 0.245 e. The van der Waals surface area contributed by atoms with Crippen molar-refractivity contribution in [3.05, 3.63) is 63.6 Å². The molecule has 130 valence electrons. The van der Waals surface area contributed by atoms with E-state index in [2.05, 4.69) is 10.6 Å². The van der Waals surface area contributed by atoms with E-state index in [0.29, 0.717) is 21.3 Å². The lowest BCUT2D eigenvalue weighted by Gasteiger charge is -2.12. The van der Waals surface area contributed by atoms with E-state index in [-0.39, 0.29) is 24.4 Å². The van der Waals surface area contributed by atoms with E-state index in [1.54, 1.807) is 36.4 Å². The largest absolute Gasteiger partial charge is 0.376 e. The highest BCUT2D eigenvalue weighted by molar-refractivity contribution is 6.35. The van der Waals surface area contributed by atoms with Crippen LogP contribution in [0.4, 0.5) is 5.69 Å². The standard InChI is InChI=1S/C17H15Cl2N3O3/c18-10-5-6-14(21-9-16(24)22-15(23)8-20)12(7-10)17(25)11-3-1-2-4-13(11)19/h1-7,21H,8-9,20H2,(H,22,23,24). The Morgan fingerprint density at radius 2 is 1.68 bits per heavy atom. The fraction of sp³-hybridized carbons (Fsp3) is 0.118. The summed E-state index contributed by atoms with van der Waals surface area (Å²) in [7, 11) is 0. The predicted octanol–water partition coefficient (Wildman–Crippen LogP) is 2.24. The van der Waals surface area contributed by atoms with Crippen molar-refractivity contribution in [2.24, 2.45) is 5.73 Å². The number of imide groups is 1. The third-order valence-corrected chi connectivity index (χ3v) is 3.81. The molecule has 2 amide bonds. The number of carbonyl (C=O) groups is 3. The van der Waals surface area contributed by atoms with Gasteiger partial charge < -0.3 is 11.1 Å². The van der Waals surface area contributed by atoms with Crippen LogP contribution in [0.1, 0.15) is 15.9 Å². The number of hydrogen-bond acceptors (Lipinski definition) is 5. The minimum absolute atomic E-state index is 0.212. The first-order valence-corrected chi connectivity index (χ1v) is 8.03. The SMILES string of the molecule is NCC(=O)NC(=O)CNc1ccc(Cl)cc1C(=O)c1ccccc1Cl. The van der Waals surface area contributed by atoms with Crippen molar-refractivity contribution in [3.8, 4) is 0 Å². The number of hydrogen-bond donors (Lipinski definition) is 3. The molecule has 0 unspecified atom stereocenters. The van der Waals surface area contributed by atoms with Crippen molar-refractivity contribution in [1.29, 1.82) is 0 Å². The average Bonchev–Trinajstić information content (AvgIpc) is 2.60. The molecule has 25 heavy (non-hydrogen) atoms.